The summed E-state index contributed by atoms with van der Waals surface area (Å²) >= 11 is 1.39. The molecular weight excluding hydrogens is 250 g/mol. The van der Waals surface area contributed by atoms with Gasteiger partial charge in [0.15, 0.2) is 0 Å². The minimum absolute atomic E-state index is 0.161. The van der Waals surface area contributed by atoms with Gasteiger partial charge in [0.05, 0.1) is 5.75 Å². The van der Waals surface area contributed by atoms with Gasteiger partial charge in [0.2, 0.25) is 5.91 Å². The summed E-state index contributed by atoms with van der Waals surface area (Å²) in [6.07, 6.45) is 2.14. The summed E-state index contributed by atoms with van der Waals surface area (Å²) < 4.78 is 0. The lowest BCUT2D eigenvalue weighted by Gasteiger charge is -2.24. The van der Waals surface area contributed by atoms with E-state index >= 15 is 0 Å². The van der Waals surface area contributed by atoms with Crippen molar-refractivity contribution < 1.29 is 14.7 Å². The third kappa shape index (κ3) is 4.07. The monoisotopic (exact) mass is 267 g/mol. The van der Waals surface area contributed by atoms with Crippen LogP contribution in [0.3, 0.4) is 0 Å². The maximum atomic E-state index is 11.7. The molecule has 0 radical (unpaired) electrons. The first-order valence-electron chi connectivity index (χ1n) is 5.57. The fourth-order valence-corrected chi connectivity index (χ4v) is 2.08. The second-order valence-electron chi connectivity index (χ2n) is 3.98. The molecule has 1 unspecified atom stereocenters. The van der Waals surface area contributed by atoms with Gasteiger partial charge in [-0.25, -0.2) is 4.79 Å². The molecule has 0 aromatic heterocycles. The van der Waals surface area contributed by atoms with Gasteiger partial charge in [0.1, 0.15) is 6.04 Å². The van der Waals surface area contributed by atoms with Crippen LogP contribution in [-0.2, 0) is 16.0 Å². The molecule has 0 saturated heterocycles. The van der Waals surface area contributed by atoms with Gasteiger partial charge in [-0.1, -0.05) is 30.3 Å². The molecule has 1 aromatic rings. The number of likely N-dealkylation sites (N-methyl/N-ethyl adjacent to an activating group) is 1. The largest absolute Gasteiger partial charge is 0.480 e. The Morgan fingerprint density at radius 1 is 1.33 bits per heavy atom. The van der Waals surface area contributed by atoms with Crippen molar-refractivity contribution in [1.82, 2.24) is 4.90 Å². The molecule has 0 aliphatic carbocycles. The Bertz CT molecular complexity index is 408. The first-order valence-corrected chi connectivity index (χ1v) is 6.97. The molecule has 0 heterocycles. The van der Waals surface area contributed by atoms with E-state index < -0.39 is 12.0 Å². The summed E-state index contributed by atoms with van der Waals surface area (Å²) in [6.45, 7) is 0. The molecule has 0 fully saturated rings. The first-order chi connectivity index (χ1) is 8.56. The average molecular weight is 267 g/mol. The molecule has 18 heavy (non-hydrogen) atoms. The summed E-state index contributed by atoms with van der Waals surface area (Å²) in [5, 5.41) is 9.22. The lowest BCUT2D eigenvalue weighted by Crippen LogP contribution is -2.44. The molecule has 5 heteroatoms. The smallest absolute Gasteiger partial charge is 0.326 e. The fraction of sp³-hybridized carbons (Fsp3) is 0.385. The number of thioether (sulfide) groups is 1. The zero-order valence-corrected chi connectivity index (χ0v) is 11.3. The van der Waals surface area contributed by atoms with Crippen molar-refractivity contribution in [2.24, 2.45) is 0 Å². The van der Waals surface area contributed by atoms with Gasteiger partial charge in [0, 0.05) is 13.5 Å². The highest BCUT2D eigenvalue weighted by molar-refractivity contribution is 7.99. The minimum Gasteiger partial charge on any atom is -0.480 e. The highest BCUT2D eigenvalue weighted by Crippen LogP contribution is 2.09. The fourth-order valence-electron chi connectivity index (χ4n) is 1.63. The van der Waals surface area contributed by atoms with Crippen molar-refractivity contribution in [1.29, 1.82) is 0 Å². The third-order valence-corrected chi connectivity index (χ3v) is 3.22. The number of carboxylic acids is 1. The lowest BCUT2D eigenvalue weighted by atomic mass is 10.1. The lowest BCUT2D eigenvalue weighted by molar-refractivity contribution is -0.148. The molecule has 0 spiro atoms. The molecule has 1 amide bonds. The molecular formula is C13H17NO3S. The number of hydrogen-bond donors (Lipinski definition) is 1. The van der Waals surface area contributed by atoms with Crippen LogP contribution in [0, 0.1) is 0 Å². The molecule has 1 aromatic carbocycles. The highest BCUT2D eigenvalue weighted by Gasteiger charge is 2.26. The molecule has 0 saturated carbocycles. The van der Waals surface area contributed by atoms with Gasteiger partial charge >= 0.3 is 5.97 Å². The molecule has 0 aliphatic heterocycles. The average Bonchev–Trinajstić information content (AvgIpc) is 2.36. The first kappa shape index (κ1) is 14.6. The van der Waals surface area contributed by atoms with E-state index in [9.17, 15) is 14.7 Å². The maximum absolute atomic E-state index is 11.7. The summed E-state index contributed by atoms with van der Waals surface area (Å²) in [5.41, 5.74) is 0.911. The normalized spacial score (nSPS) is 11.9. The van der Waals surface area contributed by atoms with E-state index in [1.165, 1.54) is 16.7 Å². The Balaban J connectivity index is 2.77. The highest BCUT2D eigenvalue weighted by atomic mass is 32.2. The van der Waals surface area contributed by atoms with Crippen LogP contribution in [0.4, 0.5) is 0 Å². The van der Waals surface area contributed by atoms with Gasteiger partial charge in [-0.3, -0.25) is 4.79 Å². The summed E-state index contributed by atoms with van der Waals surface area (Å²) in [5.74, 6) is -0.837. The van der Waals surface area contributed by atoms with Crippen molar-refractivity contribution in [2.75, 3.05) is 19.1 Å². The number of benzene rings is 1. The van der Waals surface area contributed by atoms with E-state index in [-0.39, 0.29) is 5.91 Å². The summed E-state index contributed by atoms with van der Waals surface area (Å²) in [6, 6.07) is 8.51. The molecule has 0 bridgehead atoms. The Kier molecular flexibility index (Phi) is 5.71. The number of amides is 1. The number of carbonyl (C=O) groups is 2. The van der Waals surface area contributed by atoms with E-state index in [4.69, 9.17) is 0 Å². The number of carboxylic acid groups (broad SMARTS) is 1. The number of nitrogens with zero attached hydrogens (tertiary/aromatic N) is 1. The predicted molar refractivity (Wildman–Crippen MR) is 72.7 cm³/mol. The number of rotatable bonds is 6. The van der Waals surface area contributed by atoms with Crippen LogP contribution in [0.25, 0.3) is 0 Å². The van der Waals surface area contributed by atoms with Crippen LogP contribution in [0.15, 0.2) is 30.3 Å². The zero-order valence-electron chi connectivity index (χ0n) is 10.5. The van der Waals surface area contributed by atoms with E-state index in [1.54, 1.807) is 7.05 Å². The maximum Gasteiger partial charge on any atom is 0.326 e. The van der Waals surface area contributed by atoms with Gasteiger partial charge in [-0.2, -0.15) is 11.8 Å². The van der Waals surface area contributed by atoms with Crippen molar-refractivity contribution in [3.05, 3.63) is 35.9 Å². The van der Waals surface area contributed by atoms with E-state index in [1.807, 2.05) is 36.6 Å². The van der Waals surface area contributed by atoms with Crippen LogP contribution in [-0.4, -0.2) is 47.0 Å². The molecule has 1 N–H and O–H groups in total. The minimum atomic E-state index is -0.976. The van der Waals surface area contributed by atoms with Crippen molar-refractivity contribution in [3.8, 4) is 0 Å². The van der Waals surface area contributed by atoms with E-state index in [2.05, 4.69) is 0 Å². The Morgan fingerprint density at radius 2 is 1.94 bits per heavy atom. The number of carbonyl (C=O) groups excluding carboxylic acids is 1. The number of aliphatic carboxylic acids is 1. The van der Waals surface area contributed by atoms with E-state index in [0.29, 0.717) is 12.2 Å². The topological polar surface area (TPSA) is 57.6 Å². The molecule has 98 valence electrons. The zero-order chi connectivity index (χ0) is 13.5. The van der Waals surface area contributed by atoms with Crippen molar-refractivity contribution in [3.63, 3.8) is 0 Å². The molecule has 0 aliphatic rings. The third-order valence-electron chi connectivity index (χ3n) is 2.69. The quantitative estimate of drug-likeness (QED) is 0.848. The second-order valence-corrected chi connectivity index (χ2v) is 4.85. The van der Waals surface area contributed by atoms with Crippen LogP contribution in [0.1, 0.15) is 5.56 Å². The van der Waals surface area contributed by atoms with Crippen LogP contribution in [0.5, 0.6) is 0 Å². The second kappa shape index (κ2) is 7.06. The summed E-state index contributed by atoms with van der Waals surface area (Å²) in [4.78, 5) is 24.3. The standard InChI is InChI=1S/C13H17NO3S/c1-14(12(15)9-18-2)11(13(16)17)8-10-6-4-3-5-7-10/h3-7,11H,8-9H2,1-2H3,(H,16,17). The van der Waals surface area contributed by atoms with Crippen LogP contribution in [0.2, 0.25) is 0 Å². The van der Waals surface area contributed by atoms with Crippen LogP contribution < -0.4 is 0 Å². The molecule has 1 rings (SSSR count). The Hall–Kier alpha value is -1.49. The van der Waals surface area contributed by atoms with Crippen molar-refractivity contribution in [2.45, 2.75) is 12.5 Å². The van der Waals surface area contributed by atoms with E-state index in [0.717, 1.165) is 5.56 Å². The van der Waals surface area contributed by atoms with Crippen molar-refractivity contribution >= 4 is 23.6 Å². The van der Waals surface area contributed by atoms with Gasteiger partial charge in [-0.15, -0.1) is 0 Å². The Labute approximate surface area is 111 Å². The Morgan fingerprint density at radius 3 is 2.44 bits per heavy atom. The molecule has 4 nitrogen and oxygen atoms in total. The van der Waals surface area contributed by atoms with Gasteiger partial charge < -0.3 is 10.0 Å². The number of hydrogen-bond acceptors (Lipinski definition) is 3. The molecule has 1 atom stereocenters. The SMILES string of the molecule is CSCC(=O)N(C)C(Cc1ccccc1)C(=O)O. The summed E-state index contributed by atoms with van der Waals surface area (Å²) in [7, 11) is 1.54. The predicted octanol–water partition coefficient (Wildman–Crippen LogP) is 1.50. The van der Waals surface area contributed by atoms with Gasteiger partial charge in [-0.05, 0) is 11.8 Å². The van der Waals surface area contributed by atoms with Gasteiger partial charge in [0.25, 0.3) is 0 Å². The van der Waals surface area contributed by atoms with Crippen LogP contribution >= 0.6 is 11.8 Å².